The van der Waals surface area contributed by atoms with Crippen LogP contribution in [0, 0.1) is 21.6 Å². The molecule has 2 aromatic carbocycles. The van der Waals surface area contributed by atoms with Gasteiger partial charge in [0.2, 0.25) is 0 Å². The number of rotatable bonds is 3. The van der Waals surface area contributed by atoms with E-state index in [0.717, 1.165) is 16.7 Å². The minimum atomic E-state index is -1.60. The van der Waals surface area contributed by atoms with E-state index in [1.807, 2.05) is 30.3 Å². The average Bonchev–Trinajstić information content (AvgIpc) is 2.66. The fourth-order valence-corrected chi connectivity index (χ4v) is 2.92. The summed E-state index contributed by atoms with van der Waals surface area (Å²) in [7, 11) is -1.60. The molecule has 0 unspecified atom stereocenters. The summed E-state index contributed by atoms with van der Waals surface area (Å²) < 4.78 is 0. The summed E-state index contributed by atoms with van der Waals surface area (Å²) in [6.45, 7) is 6.51. The van der Waals surface area contributed by atoms with Crippen LogP contribution in [0.5, 0.6) is 0 Å². The largest absolute Gasteiger partial charge is 0.269 e. The predicted molar refractivity (Wildman–Crippen MR) is 110 cm³/mol. The molecule has 1 aromatic heterocycles. The van der Waals surface area contributed by atoms with Crippen LogP contribution in [0.4, 0.5) is 5.69 Å². The normalized spacial score (nSPS) is 10.8. The summed E-state index contributed by atoms with van der Waals surface area (Å²) in [5.41, 5.74) is 6.54. The lowest BCUT2D eigenvalue weighted by molar-refractivity contribution is -0.384. The summed E-state index contributed by atoms with van der Waals surface area (Å²) in [4.78, 5) is 19.7. The summed E-state index contributed by atoms with van der Waals surface area (Å²) >= 11 is 0. The molecular formula is C21H19N3O2Si. The van der Waals surface area contributed by atoms with Crippen LogP contribution in [0.15, 0.2) is 60.8 Å². The lowest BCUT2D eigenvalue weighted by Gasteiger charge is -2.08. The summed E-state index contributed by atoms with van der Waals surface area (Å²) in [6.07, 6.45) is 1.74. The molecule has 0 radical (unpaired) electrons. The first-order valence-corrected chi connectivity index (χ1v) is 12.0. The highest BCUT2D eigenvalue weighted by Gasteiger charge is 2.13. The summed E-state index contributed by atoms with van der Waals surface area (Å²) in [6, 6.07) is 16.1. The second kappa shape index (κ2) is 7.52. The smallest absolute Gasteiger partial charge is 0.258 e. The van der Waals surface area contributed by atoms with Crippen molar-refractivity contribution >= 4 is 13.8 Å². The number of nitro benzene ring substituents is 1. The Balaban J connectivity index is 2.11. The molecule has 3 rings (SSSR count). The fraction of sp³-hybridized carbons (Fsp3) is 0.143. The first kappa shape index (κ1) is 18.5. The van der Waals surface area contributed by atoms with Crippen LogP contribution in [0.2, 0.25) is 19.6 Å². The molecule has 0 fully saturated rings. The standard InChI is InChI=1S/C21H19N3O2Si/c1-27(2,3)14-13-20-19(16-9-11-18(12-10-16)24(25)26)15-22-21(23-20)17-7-5-4-6-8-17/h4-12,15H,1-3H3. The van der Waals surface area contributed by atoms with Crippen LogP contribution in [-0.2, 0) is 0 Å². The van der Waals surface area contributed by atoms with Crippen LogP contribution < -0.4 is 0 Å². The van der Waals surface area contributed by atoms with Gasteiger partial charge >= 0.3 is 0 Å². The van der Waals surface area contributed by atoms with Gasteiger partial charge in [-0.2, -0.15) is 0 Å². The van der Waals surface area contributed by atoms with Crippen LogP contribution in [0.3, 0.4) is 0 Å². The van der Waals surface area contributed by atoms with E-state index in [-0.39, 0.29) is 5.69 Å². The highest BCUT2D eigenvalue weighted by Crippen LogP contribution is 2.26. The maximum Gasteiger partial charge on any atom is 0.269 e. The van der Waals surface area contributed by atoms with Gasteiger partial charge in [-0.15, -0.1) is 5.54 Å². The third kappa shape index (κ3) is 4.66. The van der Waals surface area contributed by atoms with E-state index in [1.165, 1.54) is 12.1 Å². The lowest BCUT2D eigenvalue weighted by Crippen LogP contribution is -2.16. The Labute approximate surface area is 159 Å². The van der Waals surface area contributed by atoms with Gasteiger partial charge in [0.05, 0.1) is 4.92 Å². The zero-order valence-corrected chi connectivity index (χ0v) is 16.4. The highest BCUT2D eigenvalue weighted by atomic mass is 28.3. The molecule has 0 aliphatic rings. The van der Waals surface area contributed by atoms with Gasteiger partial charge in [0, 0.05) is 29.5 Å². The molecule has 0 saturated heterocycles. The van der Waals surface area contributed by atoms with E-state index in [0.29, 0.717) is 11.5 Å². The Morgan fingerprint density at radius 3 is 2.22 bits per heavy atom. The SMILES string of the molecule is C[Si](C)(C)C#Cc1nc(-c2ccccc2)ncc1-c1ccc([N+](=O)[O-])cc1. The number of nitro groups is 1. The molecule has 5 nitrogen and oxygen atoms in total. The molecular weight excluding hydrogens is 354 g/mol. The van der Waals surface area contributed by atoms with Crippen molar-refractivity contribution in [2.45, 2.75) is 19.6 Å². The van der Waals surface area contributed by atoms with Crippen LogP contribution >= 0.6 is 0 Å². The van der Waals surface area contributed by atoms with Crippen molar-refractivity contribution < 1.29 is 4.92 Å². The molecule has 6 heteroatoms. The van der Waals surface area contributed by atoms with Crippen molar-refractivity contribution in [1.29, 1.82) is 0 Å². The van der Waals surface area contributed by atoms with Crippen molar-refractivity contribution in [2.24, 2.45) is 0 Å². The highest BCUT2D eigenvalue weighted by molar-refractivity contribution is 6.83. The predicted octanol–water partition coefficient (Wildman–Crippen LogP) is 4.95. The van der Waals surface area contributed by atoms with E-state index < -0.39 is 13.0 Å². The molecule has 0 amide bonds. The number of nitrogens with zero attached hydrogens (tertiary/aromatic N) is 3. The molecule has 0 spiro atoms. The van der Waals surface area contributed by atoms with Gasteiger partial charge < -0.3 is 0 Å². The number of aromatic nitrogens is 2. The van der Waals surface area contributed by atoms with E-state index >= 15 is 0 Å². The third-order valence-corrected chi connectivity index (χ3v) is 4.64. The third-order valence-electron chi connectivity index (χ3n) is 3.77. The van der Waals surface area contributed by atoms with Gasteiger partial charge in [0.25, 0.3) is 5.69 Å². The minimum absolute atomic E-state index is 0.0512. The van der Waals surface area contributed by atoms with Gasteiger partial charge in [-0.3, -0.25) is 10.1 Å². The maximum atomic E-state index is 10.9. The van der Waals surface area contributed by atoms with Gasteiger partial charge in [-0.25, -0.2) is 9.97 Å². The molecule has 134 valence electrons. The van der Waals surface area contributed by atoms with Crippen molar-refractivity contribution in [3.8, 4) is 34.0 Å². The zero-order chi connectivity index (χ0) is 19.4. The Hall–Kier alpha value is -3.30. The maximum absolute atomic E-state index is 10.9. The Morgan fingerprint density at radius 2 is 1.63 bits per heavy atom. The monoisotopic (exact) mass is 373 g/mol. The van der Waals surface area contributed by atoms with Gasteiger partial charge in [-0.1, -0.05) is 55.9 Å². The Kier molecular flexibility index (Phi) is 5.15. The molecule has 0 aliphatic carbocycles. The zero-order valence-electron chi connectivity index (χ0n) is 15.4. The minimum Gasteiger partial charge on any atom is -0.258 e. The first-order valence-electron chi connectivity index (χ1n) is 8.54. The molecule has 0 aliphatic heterocycles. The van der Waals surface area contributed by atoms with Crippen molar-refractivity contribution in [1.82, 2.24) is 9.97 Å². The van der Waals surface area contributed by atoms with Gasteiger partial charge in [0.15, 0.2) is 5.82 Å². The molecule has 27 heavy (non-hydrogen) atoms. The van der Waals surface area contributed by atoms with E-state index in [1.54, 1.807) is 18.3 Å². The van der Waals surface area contributed by atoms with Gasteiger partial charge in [-0.05, 0) is 17.7 Å². The fourth-order valence-electron chi connectivity index (χ4n) is 2.42. The lowest BCUT2D eigenvalue weighted by atomic mass is 10.1. The molecule has 0 N–H and O–H groups in total. The van der Waals surface area contributed by atoms with Crippen LogP contribution in [-0.4, -0.2) is 23.0 Å². The molecule has 0 atom stereocenters. The Bertz CT molecular complexity index is 1030. The van der Waals surface area contributed by atoms with Crippen LogP contribution in [0.1, 0.15) is 5.69 Å². The average molecular weight is 373 g/mol. The van der Waals surface area contributed by atoms with Crippen molar-refractivity contribution in [2.75, 3.05) is 0 Å². The molecule has 1 heterocycles. The van der Waals surface area contributed by atoms with Crippen molar-refractivity contribution in [3.63, 3.8) is 0 Å². The van der Waals surface area contributed by atoms with Gasteiger partial charge in [0.1, 0.15) is 13.8 Å². The Morgan fingerprint density at radius 1 is 0.963 bits per heavy atom. The van der Waals surface area contributed by atoms with E-state index in [4.69, 9.17) is 0 Å². The number of hydrogen-bond donors (Lipinski definition) is 0. The number of hydrogen-bond acceptors (Lipinski definition) is 4. The summed E-state index contributed by atoms with van der Waals surface area (Å²) in [5.74, 6) is 3.84. The van der Waals surface area contributed by atoms with E-state index in [2.05, 4.69) is 41.1 Å². The first-order chi connectivity index (χ1) is 12.8. The van der Waals surface area contributed by atoms with Crippen LogP contribution in [0.25, 0.3) is 22.5 Å². The molecule has 0 bridgehead atoms. The van der Waals surface area contributed by atoms with E-state index in [9.17, 15) is 10.1 Å². The summed E-state index contributed by atoms with van der Waals surface area (Å²) in [5, 5.41) is 10.9. The number of non-ortho nitro benzene ring substituents is 1. The second-order valence-corrected chi connectivity index (χ2v) is 11.9. The molecule has 3 aromatic rings. The number of benzene rings is 2. The quantitative estimate of drug-likeness (QED) is 0.282. The molecule has 0 saturated carbocycles. The second-order valence-electron chi connectivity index (χ2n) is 7.13. The van der Waals surface area contributed by atoms with Crippen molar-refractivity contribution in [3.05, 3.63) is 76.6 Å². The topological polar surface area (TPSA) is 68.9 Å².